The van der Waals surface area contributed by atoms with Crippen LogP contribution in [-0.2, 0) is 9.59 Å². The Kier molecular flexibility index (Phi) is 4.75. The largest absolute Gasteiger partial charge is 0.508 e. The van der Waals surface area contributed by atoms with Crippen molar-refractivity contribution in [2.45, 2.75) is 74.4 Å². The lowest BCUT2D eigenvalue weighted by Crippen LogP contribution is -2.72. The number of phenolic OH excluding ortho intramolecular Hbond substituents is 1. The standard InChI is InChI=1S/C21H27N7O3S/c1-5-21(6-2)22-13(11-8-7-9-12(29)10-11)17(30)28(21)14-18(31)27-15(16-23-25-26-24-16)20(3,4)32-19(14)27/h7-10,13-15,19,22,29H,5-6H2,1-4H3,(H,23,24,25,26). The Morgan fingerprint density at radius 1 is 1.19 bits per heavy atom. The van der Waals surface area contributed by atoms with E-state index in [4.69, 9.17) is 0 Å². The van der Waals surface area contributed by atoms with Crippen LogP contribution in [0.4, 0.5) is 0 Å². The molecule has 0 radical (unpaired) electrons. The van der Waals surface area contributed by atoms with Gasteiger partial charge in [-0.3, -0.25) is 14.9 Å². The number of thioether (sulfide) groups is 1. The van der Waals surface area contributed by atoms with Gasteiger partial charge in [0.1, 0.15) is 29.2 Å². The average molecular weight is 458 g/mol. The number of H-pyrrole nitrogens is 1. The van der Waals surface area contributed by atoms with Crippen molar-refractivity contribution in [1.82, 2.24) is 35.7 Å². The molecule has 4 unspecified atom stereocenters. The third kappa shape index (κ3) is 2.80. The van der Waals surface area contributed by atoms with Gasteiger partial charge < -0.3 is 14.9 Å². The molecule has 2 amide bonds. The van der Waals surface area contributed by atoms with Crippen LogP contribution in [0, 0.1) is 0 Å². The van der Waals surface area contributed by atoms with Gasteiger partial charge in [0.2, 0.25) is 11.8 Å². The molecule has 10 nitrogen and oxygen atoms in total. The van der Waals surface area contributed by atoms with Crippen LogP contribution < -0.4 is 5.32 Å². The quantitative estimate of drug-likeness (QED) is 0.579. The summed E-state index contributed by atoms with van der Waals surface area (Å²) in [6.07, 6.45) is 1.31. The summed E-state index contributed by atoms with van der Waals surface area (Å²) >= 11 is 1.67. The molecule has 0 saturated carbocycles. The Hall–Kier alpha value is -2.66. The third-order valence-corrected chi connectivity index (χ3v) is 8.60. The molecule has 11 heteroatoms. The summed E-state index contributed by atoms with van der Waals surface area (Å²) in [5.74, 6) is 0.433. The first-order valence-corrected chi connectivity index (χ1v) is 11.8. The van der Waals surface area contributed by atoms with Crippen LogP contribution in [0.3, 0.4) is 0 Å². The molecule has 4 atom stereocenters. The van der Waals surface area contributed by atoms with Crippen LogP contribution in [0.2, 0.25) is 0 Å². The monoisotopic (exact) mass is 457 g/mol. The SMILES string of the molecule is CCC1(CC)NC(c2cccc(O)c2)C(=O)N1C1C(=O)N2C1SC(C)(C)C2c1nnn[nH]1. The minimum atomic E-state index is -0.643. The number of hydrogen-bond acceptors (Lipinski definition) is 8. The third-order valence-electron chi connectivity index (χ3n) is 7.04. The number of rotatable bonds is 5. The van der Waals surface area contributed by atoms with E-state index in [0.29, 0.717) is 24.2 Å². The number of aromatic amines is 1. The van der Waals surface area contributed by atoms with Crippen molar-refractivity contribution in [3.8, 4) is 5.75 Å². The molecule has 1 aromatic heterocycles. The number of aromatic hydroxyl groups is 1. The van der Waals surface area contributed by atoms with Crippen LogP contribution in [0.1, 0.15) is 64.0 Å². The molecule has 3 aliphatic rings. The van der Waals surface area contributed by atoms with Gasteiger partial charge in [0.05, 0.1) is 5.66 Å². The summed E-state index contributed by atoms with van der Waals surface area (Å²) in [7, 11) is 0. The van der Waals surface area contributed by atoms with Crippen molar-refractivity contribution < 1.29 is 14.7 Å². The summed E-state index contributed by atoms with van der Waals surface area (Å²) in [6.45, 7) is 8.19. The first-order valence-electron chi connectivity index (χ1n) is 10.9. The van der Waals surface area contributed by atoms with Gasteiger partial charge in [-0.05, 0) is 54.8 Å². The van der Waals surface area contributed by atoms with E-state index in [9.17, 15) is 14.7 Å². The first kappa shape index (κ1) is 21.2. The molecule has 0 bridgehead atoms. The number of phenols is 1. The van der Waals surface area contributed by atoms with Crippen LogP contribution in [-0.4, -0.2) is 69.2 Å². The highest BCUT2D eigenvalue weighted by atomic mass is 32.2. The van der Waals surface area contributed by atoms with E-state index in [1.807, 2.05) is 24.8 Å². The molecule has 4 heterocycles. The maximum absolute atomic E-state index is 13.8. The summed E-state index contributed by atoms with van der Waals surface area (Å²) in [4.78, 5) is 30.9. The Bertz CT molecular complexity index is 1060. The molecular weight excluding hydrogens is 430 g/mol. The normalized spacial score (nSPS) is 30.5. The van der Waals surface area contributed by atoms with E-state index in [-0.39, 0.29) is 33.7 Å². The van der Waals surface area contributed by atoms with Gasteiger partial charge in [0.15, 0.2) is 5.82 Å². The number of nitrogens with zero attached hydrogens (tertiary/aromatic N) is 5. The lowest BCUT2D eigenvalue weighted by molar-refractivity contribution is -0.167. The first-order chi connectivity index (χ1) is 15.2. The molecule has 170 valence electrons. The highest BCUT2D eigenvalue weighted by Crippen LogP contribution is 2.59. The van der Waals surface area contributed by atoms with Gasteiger partial charge in [-0.15, -0.1) is 16.9 Å². The van der Waals surface area contributed by atoms with E-state index < -0.39 is 17.7 Å². The lowest BCUT2D eigenvalue weighted by atomic mass is 9.92. The van der Waals surface area contributed by atoms with Crippen molar-refractivity contribution in [1.29, 1.82) is 0 Å². The second kappa shape index (κ2) is 7.17. The van der Waals surface area contributed by atoms with Gasteiger partial charge in [0.25, 0.3) is 0 Å². The average Bonchev–Trinajstić information content (AvgIpc) is 3.44. The minimum Gasteiger partial charge on any atom is -0.508 e. The zero-order valence-electron chi connectivity index (χ0n) is 18.4. The van der Waals surface area contributed by atoms with Crippen LogP contribution in [0.25, 0.3) is 0 Å². The Morgan fingerprint density at radius 2 is 1.94 bits per heavy atom. The molecule has 3 N–H and O–H groups in total. The zero-order chi connectivity index (χ0) is 22.8. The van der Waals surface area contributed by atoms with Crippen molar-refractivity contribution in [3.05, 3.63) is 35.7 Å². The van der Waals surface area contributed by atoms with Crippen molar-refractivity contribution in [2.75, 3.05) is 0 Å². The summed E-state index contributed by atoms with van der Waals surface area (Å²) in [6, 6.07) is 5.26. The van der Waals surface area contributed by atoms with Gasteiger partial charge in [-0.25, -0.2) is 5.10 Å². The molecule has 1 aromatic carbocycles. The fraction of sp³-hybridized carbons (Fsp3) is 0.571. The molecule has 32 heavy (non-hydrogen) atoms. The smallest absolute Gasteiger partial charge is 0.250 e. The number of carbonyl (C=O) groups excluding carboxylic acids is 2. The number of amides is 2. The fourth-order valence-corrected chi connectivity index (χ4v) is 7.12. The van der Waals surface area contributed by atoms with Crippen LogP contribution in [0.5, 0.6) is 5.75 Å². The van der Waals surface area contributed by atoms with Gasteiger partial charge in [-0.1, -0.05) is 26.0 Å². The minimum absolute atomic E-state index is 0.0903. The molecular formula is C21H27N7O3S. The predicted octanol–water partition coefficient (Wildman–Crippen LogP) is 1.70. The topological polar surface area (TPSA) is 127 Å². The van der Waals surface area contributed by atoms with E-state index in [1.54, 1.807) is 34.9 Å². The van der Waals surface area contributed by atoms with Gasteiger partial charge in [0, 0.05) is 4.75 Å². The second-order valence-corrected chi connectivity index (χ2v) is 10.9. The van der Waals surface area contributed by atoms with E-state index in [1.165, 1.54) is 0 Å². The summed E-state index contributed by atoms with van der Waals surface area (Å²) < 4.78 is -0.321. The number of benzene rings is 1. The Labute approximate surface area is 190 Å². The summed E-state index contributed by atoms with van der Waals surface area (Å²) in [5.41, 5.74) is 0.0494. The number of carbonyl (C=O) groups is 2. The molecule has 3 fully saturated rings. The van der Waals surface area contributed by atoms with Gasteiger partial charge in [-0.2, -0.15) is 0 Å². The van der Waals surface area contributed by atoms with Crippen molar-refractivity contribution in [2.24, 2.45) is 0 Å². The number of fused-ring (bicyclic) bond motifs is 1. The lowest BCUT2D eigenvalue weighted by Gasteiger charge is -2.52. The molecule has 3 aliphatic heterocycles. The molecule has 0 spiro atoms. The Morgan fingerprint density at radius 3 is 2.56 bits per heavy atom. The molecule has 3 saturated heterocycles. The van der Waals surface area contributed by atoms with Gasteiger partial charge >= 0.3 is 0 Å². The summed E-state index contributed by atoms with van der Waals surface area (Å²) in [5, 5.41) is 27.5. The number of β-lactam (4-membered cyclic amide) rings is 1. The van der Waals surface area contributed by atoms with Crippen molar-refractivity contribution >= 4 is 23.6 Å². The van der Waals surface area contributed by atoms with E-state index >= 15 is 0 Å². The number of aromatic nitrogens is 4. The second-order valence-electron chi connectivity index (χ2n) is 9.11. The van der Waals surface area contributed by atoms with E-state index in [2.05, 4.69) is 39.8 Å². The number of nitrogens with one attached hydrogen (secondary N) is 2. The highest BCUT2D eigenvalue weighted by molar-refractivity contribution is 8.01. The maximum atomic E-state index is 13.8. The van der Waals surface area contributed by atoms with Crippen LogP contribution >= 0.6 is 11.8 Å². The Balaban J connectivity index is 1.51. The fourth-order valence-electron chi connectivity index (χ4n) is 5.44. The number of tetrazole rings is 1. The van der Waals surface area contributed by atoms with Crippen LogP contribution in [0.15, 0.2) is 24.3 Å². The molecule has 2 aromatic rings. The zero-order valence-corrected chi connectivity index (χ0v) is 19.3. The van der Waals surface area contributed by atoms with E-state index in [0.717, 1.165) is 0 Å². The number of hydrogen-bond donors (Lipinski definition) is 3. The predicted molar refractivity (Wildman–Crippen MR) is 117 cm³/mol. The van der Waals surface area contributed by atoms with Crippen molar-refractivity contribution in [3.63, 3.8) is 0 Å². The maximum Gasteiger partial charge on any atom is 0.250 e. The highest BCUT2D eigenvalue weighted by Gasteiger charge is 2.68. The molecule has 0 aliphatic carbocycles. The molecule has 5 rings (SSSR count).